The quantitative estimate of drug-likeness (QED) is 0.536. The Labute approximate surface area is 156 Å². The van der Waals surface area contributed by atoms with Crippen LogP contribution in [0.25, 0.3) is 5.70 Å². The van der Waals surface area contributed by atoms with E-state index in [9.17, 15) is 23.3 Å². The molecule has 0 radical (unpaired) electrons. The number of nitro groups is 1. The van der Waals surface area contributed by atoms with Crippen LogP contribution >= 0.6 is 0 Å². The van der Waals surface area contributed by atoms with Crippen molar-refractivity contribution in [2.24, 2.45) is 0 Å². The van der Waals surface area contributed by atoms with E-state index in [1.807, 2.05) is 0 Å². The zero-order valence-corrected chi connectivity index (χ0v) is 14.1. The number of hydrogen-bond acceptors (Lipinski definition) is 5. The second kappa shape index (κ2) is 6.48. The Hall–Kier alpha value is -3.69. The van der Waals surface area contributed by atoms with Crippen LogP contribution < -0.4 is 5.32 Å². The molecule has 0 aliphatic carbocycles. The van der Waals surface area contributed by atoms with Crippen LogP contribution in [-0.2, 0) is 6.18 Å². The molecule has 1 atom stereocenters. The number of nitrogens with one attached hydrogen (secondary N) is 1. The number of alkyl halides is 3. The van der Waals surface area contributed by atoms with Crippen LogP contribution in [0.5, 0.6) is 0 Å². The number of hydrogen-bond donors (Lipinski definition) is 1. The van der Waals surface area contributed by atoms with Crippen LogP contribution in [-0.4, -0.2) is 19.7 Å². The maximum atomic E-state index is 12.8. The first-order chi connectivity index (χ1) is 13.3. The molecule has 3 aromatic rings. The maximum Gasteiger partial charge on any atom is 0.416 e. The SMILES string of the molecule is O=[N+]([O-])c1ccc(C2C=C(c3ccc(C(F)(F)F)cc3)Nc3ncnn32)cc1. The molecule has 1 aromatic heterocycles. The Bertz CT molecular complexity index is 1060. The van der Waals surface area contributed by atoms with Crippen molar-refractivity contribution < 1.29 is 18.1 Å². The normalized spacial score (nSPS) is 16.1. The summed E-state index contributed by atoms with van der Waals surface area (Å²) in [4.78, 5) is 14.5. The van der Waals surface area contributed by atoms with Gasteiger partial charge in [-0.3, -0.25) is 10.1 Å². The van der Waals surface area contributed by atoms with Crippen LogP contribution in [0, 0.1) is 10.1 Å². The minimum atomic E-state index is -4.41. The smallest absolute Gasteiger partial charge is 0.324 e. The zero-order valence-electron chi connectivity index (χ0n) is 14.1. The van der Waals surface area contributed by atoms with Crippen molar-refractivity contribution >= 4 is 17.3 Å². The van der Waals surface area contributed by atoms with Crippen LogP contribution in [0.1, 0.15) is 22.7 Å². The molecule has 4 rings (SSSR count). The van der Waals surface area contributed by atoms with E-state index in [-0.39, 0.29) is 5.69 Å². The average Bonchev–Trinajstić information content (AvgIpc) is 3.15. The second-order valence-corrected chi connectivity index (χ2v) is 6.10. The first-order valence-corrected chi connectivity index (χ1v) is 8.13. The van der Waals surface area contributed by atoms with Gasteiger partial charge >= 0.3 is 6.18 Å². The number of nitro benzene ring substituents is 1. The van der Waals surface area contributed by atoms with Crippen LogP contribution in [0.2, 0.25) is 0 Å². The summed E-state index contributed by atoms with van der Waals surface area (Å²) < 4.78 is 40.0. The Kier molecular flexibility index (Phi) is 4.10. The van der Waals surface area contributed by atoms with Crippen molar-refractivity contribution in [1.29, 1.82) is 0 Å². The Morgan fingerprint density at radius 2 is 1.75 bits per heavy atom. The summed E-state index contributed by atoms with van der Waals surface area (Å²) in [7, 11) is 0. The van der Waals surface area contributed by atoms with E-state index in [1.165, 1.54) is 30.6 Å². The Balaban J connectivity index is 1.72. The summed E-state index contributed by atoms with van der Waals surface area (Å²) in [5, 5.41) is 18.1. The van der Waals surface area contributed by atoms with E-state index in [4.69, 9.17) is 0 Å². The average molecular weight is 387 g/mol. The van der Waals surface area contributed by atoms with Crippen molar-refractivity contribution in [3.05, 3.63) is 87.7 Å². The predicted octanol–water partition coefficient (Wildman–Crippen LogP) is 4.26. The van der Waals surface area contributed by atoms with Gasteiger partial charge in [-0.1, -0.05) is 12.1 Å². The van der Waals surface area contributed by atoms with Gasteiger partial charge in [-0.05, 0) is 41.5 Å². The van der Waals surface area contributed by atoms with Gasteiger partial charge in [-0.2, -0.15) is 23.3 Å². The molecule has 0 spiro atoms. The van der Waals surface area contributed by atoms with Crippen LogP contribution in [0.3, 0.4) is 0 Å². The number of halogens is 3. The first kappa shape index (κ1) is 17.7. The molecule has 0 fully saturated rings. The predicted molar refractivity (Wildman–Crippen MR) is 94.3 cm³/mol. The fraction of sp³-hybridized carbons (Fsp3) is 0.111. The third-order valence-corrected chi connectivity index (χ3v) is 4.38. The van der Waals surface area contributed by atoms with E-state index in [0.717, 1.165) is 17.7 Å². The van der Waals surface area contributed by atoms with Gasteiger partial charge in [0.05, 0.1) is 10.5 Å². The molecule has 1 unspecified atom stereocenters. The Morgan fingerprint density at radius 1 is 1.07 bits per heavy atom. The molecule has 0 saturated carbocycles. The topological polar surface area (TPSA) is 85.9 Å². The van der Waals surface area contributed by atoms with Crippen molar-refractivity contribution in [2.45, 2.75) is 12.2 Å². The molecule has 1 aliphatic rings. The third kappa shape index (κ3) is 3.20. The molecule has 1 N–H and O–H groups in total. The largest absolute Gasteiger partial charge is 0.416 e. The molecule has 1 aliphatic heterocycles. The minimum absolute atomic E-state index is 0.0385. The van der Waals surface area contributed by atoms with E-state index >= 15 is 0 Å². The van der Waals surface area contributed by atoms with Gasteiger partial charge in [-0.25, -0.2) is 4.68 Å². The maximum absolute atomic E-state index is 12.8. The fourth-order valence-electron chi connectivity index (χ4n) is 2.97. The summed E-state index contributed by atoms with van der Waals surface area (Å²) in [6.07, 6.45) is -1.27. The number of nitrogens with zero attached hydrogens (tertiary/aromatic N) is 4. The molecule has 10 heteroatoms. The molecular formula is C18H12F3N5O2. The number of allylic oxidation sites excluding steroid dienone is 1. The molecule has 142 valence electrons. The molecule has 0 amide bonds. The van der Waals surface area contributed by atoms with Gasteiger partial charge < -0.3 is 5.32 Å². The molecular weight excluding hydrogens is 375 g/mol. The lowest BCUT2D eigenvalue weighted by molar-refractivity contribution is -0.384. The summed E-state index contributed by atoms with van der Waals surface area (Å²) >= 11 is 0. The van der Waals surface area contributed by atoms with Crippen molar-refractivity contribution in [2.75, 3.05) is 5.32 Å². The van der Waals surface area contributed by atoms with Gasteiger partial charge in [0.2, 0.25) is 5.95 Å². The highest BCUT2D eigenvalue weighted by Crippen LogP contribution is 2.34. The zero-order chi connectivity index (χ0) is 19.9. The van der Waals surface area contributed by atoms with Gasteiger partial charge in [0, 0.05) is 17.8 Å². The molecule has 7 nitrogen and oxygen atoms in total. The molecule has 28 heavy (non-hydrogen) atoms. The molecule has 2 heterocycles. The number of benzene rings is 2. The van der Waals surface area contributed by atoms with Crippen LogP contribution in [0.15, 0.2) is 60.9 Å². The van der Waals surface area contributed by atoms with E-state index in [0.29, 0.717) is 17.2 Å². The summed E-state index contributed by atoms with van der Waals surface area (Å²) in [6, 6.07) is 10.4. The minimum Gasteiger partial charge on any atom is -0.324 e. The van der Waals surface area contributed by atoms with E-state index in [2.05, 4.69) is 15.4 Å². The first-order valence-electron chi connectivity index (χ1n) is 8.13. The highest BCUT2D eigenvalue weighted by Gasteiger charge is 2.30. The number of anilines is 1. The van der Waals surface area contributed by atoms with Crippen molar-refractivity contribution in [3.8, 4) is 0 Å². The lowest BCUT2D eigenvalue weighted by atomic mass is 10.0. The lowest BCUT2D eigenvalue weighted by Gasteiger charge is -2.24. The standard InChI is InChI=1S/C18H12F3N5O2/c19-18(20,21)13-5-1-11(2-6-13)15-9-16(25-17(24-15)22-10-23-25)12-3-7-14(8-4-12)26(27)28/h1-10,16H,(H,22,23,24). The fourth-order valence-corrected chi connectivity index (χ4v) is 2.97. The van der Waals surface area contributed by atoms with E-state index in [1.54, 1.807) is 22.9 Å². The van der Waals surface area contributed by atoms with E-state index < -0.39 is 22.7 Å². The number of fused-ring (bicyclic) bond motifs is 1. The van der Waals surface area contributed by atoms with Gasteiger partial charge in [0.15, 0.2) is 0 Å². The number of rotatable bonds is 3. The summed E-state index contributed by atoms with van der Waals surface area (Å²) in [6.45, 7) is 0. The summed E-state index contributed by atoms with van der Waals surface area (Å²) in [5.41, 5.74) is 1.07. The van der Waals surface area contributed by atoms with Gasteiger partial charge in [0.1, 0.15) is 12.4 Å². The van der Waals surface area contributed by atoms with Crippen LogP contribution in [0.4, 0.5) is 24.8 Å². The van der Waals surface area contributed by atoms with Crippen molar-refractivity contribution in [3.63, 3.8) is 0 Å². The molecule has 2 aromatic carbocycles. The van der Waals surface area contributed by atoms with Crippen molar-refractivity contribution in [1.82, 2.24) is 14.8 Å². The second-order valence-electron chi connectivity index (χ2n) is 6.10. The highest BCUT2D eigenvalue weighted by atomic mass is 19.4. The molecule has 0 bridgehead atoms. The number of aromatic nitrogens is 3. The van der Waals surface area contributed by atoms with Gasteiger partial charge in [0.25, 0.3) is 5.69 Å². The third-order valence-electron chi connectivity index (χ3n) is 4.38. The molecule has 0 saturated heterocycles. The van der Waals surface area contributed by atoms with Gasteiger partial charge in [-0.15, -0.1) is 0 Å². The summed E-state index contributed by atoms with van der Waals surface area (Å²) in [5.74, 6) is 0.417. The lowest BCUT2D eigenvalue weighted by Crippen LogP contribution is -2.20. The highest BCUT2D eigenvalue weighted by molar-refractivity contribution is 5.77. The number of non-ortho nitro benzene ring substituents is 1. The Morgan fingerprint density at radius 3 is 2.36 bits per heavy atom. The monoisotopic (exact) mass is 387 g/mol.